The van der Waals surface area contributed by atoms with E-state index in [0.29, 0.717) is 31.1 Å². The van der Waals surface area contributed by atoms with Crippen molar-refractivity contribution in [2.75, 3.05) is 6.61 Å². The van der Waals surface area contributed by atoms with Crippen molar-refractivity contribution < 1.29 is 14.6 Å². The number of esters is 1. The number of phenols is 1. The van der Waals surface area contributed by atoms with E-state index in [1.165, 1.54) is 6.42 Å². The Kier molecular flexibility index (Phi) is 8.38. The summed E-state index contributed by atoms with van der Waals surface area (Å²) < 4.78 is 5.38. The lowest BCUT2D eigenvalue weighted by Crippen LogP contribution is -2.18. The Hall–Kier alpha value is -1.51. The van der Waals surface area contributed by atoms with Gasteiger partial charge in [-0.25, -0.2) is 0 Å². The molecule has 27 heavy (non-hydrogen) atoms. The van der Waals surface area contributed by atoms with Crippen LogP contribution in [0.2, 0.25) is 0 Å². The van der Waals surface area contributed by atoms with Crippen LogP contribution in [-0.4, -0.2) is 17.7 Å². The molecule has 0 aromatic heterocycles. The van der Waals surface area contributed by atoms with Gasteiger partial charge in [0.15, 0.2) is 0 Å². The molecule has 0 heterocycles. The highest BCUT2D eigenvalue weighted by molar-refractivity contribution is 5.69. The predicted octanol–water partition coefficient (Wildman–Crippen LogP) is 6.29. The minimum atomic E-state index is -0.156. The van der Waals surface area contributed by atoms with E-state index >= 15 is 0 Å². The van der Waals surface area contributed by atoms with E-state index in [4.69, 9.17) is 4.74 Å². The van der Waals surface area contributed by atoms with Crippen molar-refractivity contribution in [3.05, 3.63) is 28.8 Å². The Bertz CT molecular complexity index is 580. The maximum absolute atomic E-state index is 12.1. The van der Waals surface area contributed by atoms with E-state index in [9.17, 15) is 9.90 Å². The van der Waals surface area contributed by atoms with E-state index in [0.717, 1.165) is 29.5 Å². The molecule has 0 amide bonds. The van der Waals surface area contributed by atoms with Gasteiger partial charge in [0.1, 0.15) is 5.75 Å². The summed E-state index contributed by atoms with van der Waals surface area (Å²) in [4.78, 5) is 12.1. The normalized spacial score (nSPS) is 12.5. The van der Waals surface area contributed by atoms with Crippen LogP contribution in [0.3, 0.4) is 0 Å². The van der Waals surface area contributed by atoms with Crippen LogP contribution in [0.25, 0.3) is 0 Å². The first kappa shape index (κ1) is 23.5. The molecule has 3 nitrogen and oxygen atoms in total. The number of phenolic OH excluding ortho intramolecular Hbond substituents is 1. The van der Waals surface area contributed by atoms with Gasteiger partial charge in [0.25, 0.3) is 0 Å². The van der Waals surface area contributed by atoms with Gasteiger partial charge in [0.2, 0.25) is 0 Å². The molecule has 0 radical (unpaired) electrons. The van der Waals surface area contributed by atoms with Gasteiger partial charge in [-0.05, 0) is 52.7 Å². The van der Waals surface area contributed by atoms with E-state index < -0.39 is 0 Å². The number of rotatable bonds is 8. The SMILES string of the molecule is CC(C)CCCCOC(=O)CCc1cc(C(C)(C)C)c(O)c(C(C)(C)C)c1. The maximum Gasteiger partial charge on any atom is 0.306 e. The van der Waals surface area contributed by atoms with E-state index in [1.807, 2.05) is 12.1 Å². The minimum Gasteiger partial charge on any atom is -0.507 e. The maximum atomic E-state index is 12.1. The first-order valence-corrected chi connectivity index (χ1v) is 10.3. The van der Waals surface area contributed by atoms with Crippen molar-refractivity contribution in [3.63, 3.8) is 0 Å². The van der Waals surface area contributed by atoms with Crippen molar-refractivity contribution in [1.82, 2.24) is 0 Å². The largest absolute Gasteiger partial charge is 0.507 e. The van der Waals surface area contributed by atoms with Crippen LogP contribution >= 0.6 is 0 Å². The van der Waals surface area contributed by atoms with Crippen LogP contribution < -0.4 is 0 Å². The Morgan fingerprint density at radius 3 is 1.96 bits per heavy atom. The molecule has 0 atom stereocenters. The van der Waals surface area contributed by atoms with Gasteiger partial charge >= 0.3 is 5.97 Å². The van der Waals surface area contributed by atoms with Crippen molar-refractivity contribution in [3.8, 4) is 5.75 Å². The van der Waals surface area contributed by atoms with Crippen LogP contribution in [0.1, 0.15) is 97.8 Å². The zero-order valence-corrected chi connectivity index (χ0v) is 18.7. The fourth-order valence-corrected chi connectivity index (χ4v) is 3.14. The smallest absolute Gasteiger partial charge is 0.306 e. The summed E-state index contributed by atoms with van der Waals surface area (Å²) in [5.74, 6) is 0.943. The average molecular weight is 377 g/mol. The zero-order chi connectivity index (χ0) is 20.8. The summed E-state index contributed by atoms with van der Waals surface area (Å²) in [7, 11) is 0. The monoisotopic (exact) mass is 376 g/mol. The summed E-state index contributed by atoms with van der Waals surface area (Å²) in [6, 6.07) is 4.08. The van der Waals surface area contributed by atoms with Crippen molar-refractivity contribution >= 4 is 5.97 Å². The van der Waals surface area contributed by atoms with Gasteiger partial charge in [-0.1, -0.05) is 73.9 Å². The summed E-state index contributed by atoms with van der Waals surface area (Å²) in [6.07, 6.45) is 4.23. The van der Waals surface area contributed by atoms with Crippen LogP contribution in [0.15, 0.2) is 12.1 Å². The number of benzene rings is 1. The molecule has 0 saturated carbocycles. The number of carbonyl (C=O) groups excluding carboxylic acids is 1. The Morgan fingerprint density at radius 1 is 1.00 bits per heavy atom. The second kappa shape index (κ2) is 9.61. The quantitative estimate of drug-likeness (QED) is 0.428. The van der Waals surface area contributed by atoms with E-state index in [-0.39, 0.29) is 16.8 Å². The lowest BCUT2D eigenvalue weighted by molar-refractivity contribution is -0.143. The lowest BCUT2D eigenvalue weighted by atomic mass is 9.78. The molecular weight excluding hydrogens is 336 g/mol. The van der Waals surface area contributed by atoms with E-state index in [2.05, 4.69) is 55.4 Å². The Labute approximate surface area is 166 Å². The van der Waals surface area contributed by atoms with Crippen LogP contribution in [0, 0.1) is 5.92 Å². The van der Waals surface area contributed by atoms with Crippen LogP contribution in [-0.2, 0) is 26.8 Å². The summed E-state index contributed by atoms with van der Waals surface area (Å²) in [6.45, 7) is 17.5. The molecule has 0 aliphatic heterocycles. The molecule has 1 N–H and O–H groups in total. The van der Waals surface area contributed by atoms with Gasteiger partial charge in [0.05, 0.1) is 6.61 Å². The fourth-order valence-electron chi connectivity index (χ4n) is 3.14. The second-order valence-corrected chi connectivity index (χ2v) is 10.1. The number of aromatic hydroxyl groups is 1. The molecule has 0 spiro atoms. The predicted molar refractivity (Wildman–Crippen MR) is 113 cm³/mol. The number of hydrogen-bond acceptors (Lipinski definition) is 3. The molecule has 0 aliphatic rings. The zero-order valence-electron chi connectivity index (χ0n) is 18.7. The van der Waals surface area contributed by atoms with Gasteiger partial charge in [0, 0.05) is 6.42 Å². The highest BCUT2D eigenvalue weighted by Crippen LogP contribution is 2.39. The third-order valence-corrected chi connectivity index (χ3v) is 4.84. The summed E-state index contributed by atoms with van der Waals surface area (Å²) >= 11 is 0. The van der Waals surface area contributed by atoms with Crippen molar-refractivity contribution in [1.29, 1.82) is 0 Å². The average Bonchev–Trinajstić information content (AvgIpc) is 2.50. The molecule has 0 aliphatic carbocycles. The van der Waals surface area contributed by atoms with Crippen molar-refractivity contribution in [2.24, 2.45) is 5.92 Å². The fraction of sp³-hybridized carbons (Fsp3) is 0.708. The molecule has 1 aromatic rings. The number of ether oxygens (including phenoxy) is 1. The van der Waals surface area contributed by atoms with Gasteiger partial charge < -0.3 is 9.84 Å². The second-order valence-electron chi connectivity index (χ2n) is 10.1. The molecule has 0 saturated heterocycles. The Balaban J connectivity index is 2.76. The minimum absolute atomic E-state index is 0.137. The summed E-state index contributed by atoms with van der Waals surface area (Å²) in [5, 5.41) is 10.8. The van der Waals surface area contributed by atoms with Gasteiger partial charge in [-0.15, -0.1) is 0 Å². The van der Waals surface area contributed by atoms with Gasteiger partial charge in [-0.3, -0.25) is 4.79 Å². The number of hydrogen-bond donors (Lipinski definition) is 1. The van der Waals surface area contributed by atoms with Crippen molar-refractivity contribution in [2.45, 2.75) is 98.3 Å². The number of aryl methyl sites for hydroxylation is 1. The third-order valence-electron chi connectivity index (χ3n) is 4.84. The Morgan fingerprint density at radius 2 is 1.52 bits per heavy atom. The molecule has 1 aromatic carbocycles. The first-order chi connectivity index (χ1) is 12.3. The number of unbranched alkanes of at least 4 members (excludes halogenated alkanes) is 1. The summed E-state index contributed by atoms with van der Waals surface area (Å²) in [5.41, 5.74) is 2.65. The van der Waals surface area contributed by atoms with Gasteiger partial charge in [-0.2, -0.15) is 0 Å². The first-order valence-electron chi connectivity index (χ1n) is 10.3. The van der Waals surface area contributed by atoms with Crippen LogP contribution in [0.4, 0.5) is 0 Å². The van der Waals surface area contributed by atoms with Crippen LogP contribution in [0.5, 0.6) is 5.75 Å². The number of carbonyl (C=O) groups is 1. The highest BCUT2D eigenvalue weighted by Gasteiger charge is 2.26. The molecule has 154 valence electrons. The molecule has 0 bridgehead atoms. The van der Waals surface area contributed by atoms with E-state index in [1.54, 1.807) is 0 Å². The molecular formula is C24H40O3. The topological polar surface area (TPSA) is 46.5 Å². The molecule has 0 fully saturated rings. The molecule has 1 rings (SSSR count). The lowest BCUT2D eigenvalue weighted by Gasteiger charge is -2.28. The highest BCUT2D eigenvalue weighted by atomic mass is 16.5. The molecule has 0 unspecified atom stereocenters. The molecule has 3 heteroatoms. The standard InChI is InChI=1S/C24H40O3/c1-17(2)11-9-10-14-27-21(25)13-12-18-15-19(23(3,4)5)22(26)20(16-18)24(6,7)8/h15-17,26H,9-14H2,1-8H3. The third kappa shape index (κ3) is 7.94.